The van der Waals surface area contributed by atoms with Crippen molar-refractivity contribution in [2.45, 2.75) is 46.0 Å². The molecule has 0 spiro atoms. The molecule has 0 saturated heterocycles. The third-order valence-corrected chi connectivity index (χ3v) is 2.82. The van der Waals surface area contributed by atoms with E-state index in [2.05, 4.69) is 0 Å². The van der Waals surface area contributed by atoms with Crippen LogP contribution in [0.3, 0.4) is 0 Å². The second-order valence-corrected chi connectivity index (χ2v) is 6.20. The summed E-state index contributed by atoms with van der Waals surface area (Å²) in [6.07, 6.45) is -0.591. The van der Waals surface area contributed by atoms with Crippen molar-refractivity contribution in [1.29, 1.82) is 0 Å². The van der Waals surface area contributed by atoms with E-state index in [1.807, 2.05) is 51.1 Å². The molecule has 130 valence electrons. The van der Waals surface area contributed by atoms with Gasteiger partial charge in [-0.3, -0.25) is 0 Å². The lowest BCUT2D eigenvalue weighted by Gasteiger charge is -2.22. The smallest absolute Gasteiger partial charge is 0.335 e. The van der Waals surface area contributed by atoms with Crippen LogP contribution in [0.1, 0.15) is 33.3 Å². The van der Waals surface area contributed by atoms with Crippen LogP contribution < -0.4 is 0 Å². The molecule has 23 heavy (non-hydrogen) atoms. The van der Waals surface area contributed by atoms with Crippen molar-refractivity contribution in [3.63, 3.8) is 0 Å². The van der Waals surface area contributed by atoms with Crippen LogP contribution >= 0.6 is 0 Å². The molecule has 0 amide bonds. The van der Waals surface area contributed by atoms with Gasteiger partial charge in [0.15, 0.2) is 6.10 Å². The van der Waals surface area contributed by atoms with Gasteiger partial charge in [0.2, 0.25) is 0 Å². The first-order chi connectivity index (χ1) is 10.9. The van der Waals surface area contributed by atoms with Gasteiger partial charge in [0.05, 0.1) is 33.0 Å². The Morgan fingerprint density at radius 1 is 1.00 bits per heavy atom. The number of carbonyl (C=O) groups is 1. The van der Waals surface area contributed by atoms with Gasteiger partial charge in [0.25, 0.3) is 0 Å². The third-order valence-electron chi connectivity index (χ3n) is 2.82. The lowest BCUT2D eigenvalue weighted by Crippen LogP contribution is -2.32. The molecule has 0 saturated carbocycles. The van der Waals surface area contributed by atoms with Gasteiger partial charge >= 0.3 is 5.97 Å². The minimum atomic E-state index is -0.591. The minimum absolute atomic E-state index is 0.346. The van der Waals surface area contributed by atoms with Crippen molar-refractivity contribution in [2.24, 2.45) is 0 Å². The van der Waals surface area contributed by atoms with Crippen LogP contribution in [0.4, 0.5) is 0 Å². The summed E-state index contributed by atoms with van der Waals surface area (Å²) in [5, 5.41) is 0. The molecule has 0 aliphatic heterocycles. The van der Waals surface area contributed by atoms with Gasteiger partial charge in [0, 0.05) is 0 Å². The summed E-state index contributed by atoms with van der Waals surface area (Å²) in [4.78, 5) is 11.7. The second-order valence-electron chi connectivity index (χ2n) is 6.20. The molecule has 0 aliphatic rings. The highest BCUT2D eigenvalue weighted by Gasteiger charge is 2.21. The number of carbonyl (C=O) groups excluding carboxylic acids is 1. The number of hydrogen-bond donors (Lipinski definition) is 0. The molecule has 0 aromatic heterocycles. The molecule has 5 nitrogen and oxygen atoms in total. The van der Waals surface area contributed by atoms with Crippen molar-refractivity contribution >= 4 is 5.97 Å². The largest absolute Gasteiger partial charge is 0.458 e. The maximum Gasteiger partial charge on any atom is 0.335 e. The highest BCUT2D eigenvalue weighted by molar-refractivity contribution is 5.74. The van der Waals surface area contributed by atoms with Crippen molar-refractivity contribution in [1.82, 2.24) is 0 Å². The quantitative estimate of drug-likeness (QED) is 0.489. The molecule has 0 bridgehead atoms. The Hall–Kier alpha value is -1.43. The first kappa shape index (κ1) is 19.6. The first-order valence-electron chi connectivity index (χ1n) is 7.92. The summed E-state index contributed by atoms with van der Waals surface area (Å²) in [6, 6.07) is 9.99. The van der Waals surface area contributed by atoms with Gasteiger partial charge < -0.3 is 18.9 Å². The van der Waals surface area contributed by atoms with E-state index >= 15 is 0 Å². The molecular weight excluding hydrogens is 296 g/mol. The topological polar surface area (TPSA) is 54.0 Å². The lowest BCUT2D eigenvalue weighted by atomic mass is 10.2. The minimum Gasteiger partial charge on any atom is -0.458 e. The number of hydrogen-bond acceptors (Lipinski definition) is 5. The SMILES string of the molecule is CC(OCCOCCOCc1ccccc1)C(=O)OC(C)(C)C. The van der Waals surface area contributed by atoms with Crippen molar-refractivity contribution in [2.75, 3.05) is 26.4 Å². The van der Waals surface area contributed by atoms with Crippen LogP contribution in [0, 0.1) is 0 Å². The summed E-state index contributed by atoms with van der Waals surface area (Å²) in [6.45, 7) is 9.53. The number of esters is 1. The molecule has 1 atom stereocenters. The Morgan fingerprint density at radius 2 is 1.61 bits per heavy atom. The Kier molecular flexibility index (Phi) is 8.84. The predicted molar refractivity (Wildman–Crippen MR) is 88.2 cm³/mol. The maximum absolute atomic E-state index is 11.7. The average Bonchev–Trinajstić information content (AvgIpc) is 2.49. The van der Waals surface area contributed by atoms with E-state index in [1.165, 1.54) is 0 Å². The Bertz CT molecular complexity index is 438. The van der Waals surface area contributed by atoms with Gasteiger partial charge in [-0.1, -0.05) is 30.3 Å². The fraction of sp³-hybridized carbons (Fsp3) is 0.611. The van der Waals surface area contributed by atoms with Gasteiger partial charge in [-0.15, -0.1) is 0 Å². The molecule has 1 aromatic carbocycles. The van der Waals surface area contributed by atoms with Gasteiger partial charge in [0.1, 0.15) is 5.60 Å². The van der Waals surface area contributed by atoms with E-state index in [4.69, 9.17) is 18.9 Å². The van der Waals surface area contributed by atoms with E-state index in [-0.39, 0.29) is 5.97 Å². The van der Waals surface area contributed by atoms with Crippen molar-refractivity contribution in [3.8, 4) is 0 Å². The van der Waals surface area contributed by atoms with Gasteiger partial charge in [-0.2, -0.15) is 0 Å². The first-order valence-corrected chi connectivity index (χ1v) is 7.92. The van der Waals surface area contributed by atoms with E-state index in [9.17, 15) is 4.79 Å². The summed E-state index contributed by atoms with van der Waals surface area (Å²) < 4.78 is 21.5. The fourth-order valence-electron chi connectivity index (χ4n) is 1.72. The van der Waals surface area contributed by atoms with Crippen LogP contribution in [-0.2, 0) is 30.3 Å². The Labute approximate surface area is 138 Å². The zero-order valence-electron chi connectivity index (χ0n) is 14.5. The molecule has 0 aliphatic carbocycles. The number of ether oxygens (including phenoxy) is 4. The number of rotatable bonds is 10. The zero-order chi connectivity index (χ0) is 17.1. The second kappa shape index (κ2) is 10.4. The van der Waals surface area contributed by atoms with Crippen LogP contribution in [0.2, 0.25) is 0 Å². The number of benzene rings is 1. The molecule has 0 radical (unpaired) electrons. The van der Waals surface area contributed by atoms with Crippen LogP contribution in [0.15, 0.2) is 30.3 Å². The van der Waals surface area contributed by atoms with E-state index in [0.717, 1.165) is 5.56 Å². The predicted octanol–water partition coefficient (Wildman–Crippen LogP) is 2.97. The molecular formula is C18H28O5. The van der Waals surface area contributed by atoms with Crippen molar-refractivity contribution < 1.29 is 23.7 Å². The fourth-order valence-corrected chi connectivity index (χ4v) is 1.72. The van der Waals surface area contributed by atoms with E-state index < -0.39 is 11.7 Å². The molecule has 0 N–H and O–H groups in total. The molecule has 1 aromatic rings. The third kappa shape index (κ3) is 10.0. The van der Waals surface area contributed by atoms with Gasteiger partial charge in [-0.25, -0.2) is 4.79 Å². The van der Waals surface area contributed by atoms with Crippen LogP contribution in [-0.4, -0.2) is 44.1 Å². The summed E-state index contributed by atoms with van der Waals surface area (Å²) in [5.41, 5.74) is 0.642. The normalized spacial score (nSPS) is 12.9. The van der Waals surface area contributed by atoms with Crippen LogP contribution in [0.25, 0.3) is 0 Å². The summed E-state index contributed by atoms with van der Waals surface area (Å²) >= 11 is 0. The molecule has 0 fully saturated rings. The monoisotopic (exact) mass is 324 g/mol. The van der Waals surface area contributed by atoms with Crippen molar-refractivity contribution in [3.05, 3.63) is 35.9 Å². The zero-order valence-corrected chi connectivity index (χ0v) is 14.5. The molecule has 1 unspecified atom stereocenters. The Balaban J connectivity index is 1.98. The highest BCUT2D eigenvalue weighted by atomic mass is 16.6. The average molecular weight is 324 g/mol. The highest BCUT2D eigenvalue weighted by Crippen LogP contribution is 2.09. The molecule has 1 rings (SSSR count). The maximum atomic E-state index is 11.7. The molecule has 0 heterocycles. The molecule has 5 heteroatoms. The van der Waals surface area contributed by atoms with Gasteiger partial charge in [-0.05, 0) is 33.3 Å². The van der Waals surface area contributed by atoms with E-state index in [0.29, 0.717) is 33.0 Å². The van der Waals surface area contributed by atoms with E-state index in [1.54, 1.807) is 6.92 Å². The van der Waals surface area contributed by atoms with Crippen LogP contribution in [0.5, 0.6) is 0 Å². The standard InChI is InChI=1S/C18H28O5/c1-15(17(19)23-18(2,3)4)22-13-12-20-10-11-21-14-16-8-6-5-7-9-16/h5-9,15H,10-14H2,1-4H3. The summed E-state index contributed by atoms with van der Waals surface area (Å²) in [5.74, 6) is -0.358. The Morgan fingerprint density at radius 3 is 2.26 bits per heavy atom. The lowest BCUT2D eigenvalue weighted by molar-refractivity contribution is -0.168. The summed E-state index contributed by atoms with van der Waals surface area (Å²) in [7, 11) is 0.